The van der Waals surface area contributed by atoms with E-state index in [1.54, 1.807) is 0 Å². The molecule has 14 heavy (non-hydrogen) atoms. The van der Waals surface area contributed by atoms with E-state index < -0.39 is 0 Å². The van der Waals surface area contributed by atoms with Crippen molar-refractivity contribution in [3.05, 3.63) is 35.4 Å². The molecule has 1 unspecified atom stereocenters. The fourth-order valence-electron chi connectivity index (χ4n) is 1.88. The number of carbonyl (C=O) groups excluding carboxylic acids is 1. The van der Waals surface area contributed by atoms with Crippen LogP contribution in [0.1, 0.15) is 29.3 Å². The van der Waals surface area contributed by atoms with E-state index in [2.05, 4.69) is 13.0 Å². The van der Waals surface area contributed by atoms with Crippen LogP contribution >= 0.6 is 0 Å². The lowest BCUT2D eigenvalue weighted by atomic mass is 9.81. The highest BCUT2D eigenvalue weighted by atomic mass is 16.5. The van der Waals surface area contributed by atoms with E-state index in [1.807, 2.05) is 18.2 Å². The minimum absolute atomic E-state index is 0.0962. The fourth-order valence-corrected chi connectivity index (χ4v) is 1.88. The van der Waals surface area contributed by atoms with Gasteiger partial charge in [-0.1, -0.05) is 25.1 Å². The third kappa shape index (κ3) is 1.58. The summed E-state index contributed by atoms with van der Waals surface area (Å²) in [6.07, 6.45) is 1.93. The molecule has 0 aliphatic carbocycles. The molecule has 1 aromatic carbocycles. The zero-order chi connectivity index (χ0) is 10.0. The van der Waals surface area contributed by atoms with Crippen molar-refractivity contribution in [2.45, 2.75) is 18.8 Å². The van der Waals surface area contributed by atoms with Crippen LogP contribution in [0.5, 0.6) is 0 Å². The Morgan fingerprint density at radius 2 is 2.36 bits per heavy atom. The van der Waals surface area contributed by atoms with Gasteiger partial charge in [0.05, 0.1) is 6.61 Å². The van der Waals surface area contributed by atoms with Gasteiger partial charge >= 0.3 is 0 Å². The van der Waals surface area contributed by atoms with Crippen molar-refractivity contribution in [3.63, 3.8) is 0 Å². The number of hydrogen-bond acceptors (Lipinski definition) is 2. The van der Waals surface area contributed by atoms with Crippen LogP contribution in [0.2, 0.25) is 0 Å². The van der Waals surface area contributed by atoms with E-state index >= 15 is 0 Å². The summed E-state index contributed by atoms with van der Waals surface area (Å²) in [5.41, 5.74) is 2.05. The minimum Gasteiger partial charge on any atom is -0.381 e. The lowest BCUT2D eigenvalue weighted by Crippen LogP contribution is -2.21. The highest BCUT2D eigenvalue weighted by molar-refractivity contribution is 5.75. The predicted octanol–water partition coefficient (Wildman–Crippen LogP) is 2.18. The molecule has 0 radical (unpaired) electrons. The van der Waals surface area contributed by atoms with Crippen molar-refractivity contribution < 1.29 is 9.53 Å². The Morgan fingerprint density at radius 3 is 3.00 bits per heavy atom. The molecule has 0 spiro atoms. The van der Waals surface area contributed by atoms with Gasteiger partial charge in [0.1, 0.15) is 6.29 Å². The summed E-state index contributed by atoms with van der Waals surface area (Å²) in [5, 5.41) is 0. The summed E-state index contributed by atoms with van der Waals surface area (Å²) < 4.78 is 5.40. The Morgan fingerprint density at radius 1 is 1.50 bits per heavy atom. The Labute approximate surface area is 83.9 Å². The van der Waals surface area contributed by atoms with E-state index in [0.717, 1.165) is 31.5 Å². The molecule has 0 saturated carbocycles. The fraction of sp³-hybridized carbons (Fsp3) is 0.417. The van der Waals surface area contributed by atoms with Crippen molar-refractivity contribution in [2.24, 2.45) is 0 Å². The van der Waals surface area contributed by atoms with Gasteiger partial charge in [0.25, 0.3) is 0 Å². The molecule has 0 N–H and O–H groups in total. The molecule has 0 bridgehead atoms. The van der Waals surface area contributed by atoms with Crippen molar-refractivity contribution in [1.82, 2.24) is 0 Å². The van der Waals surface area contributed by atoms with Gasteiger partial charge in [-0.2, -0.15) is 0 Å². The van der Waals surface area contributed by atoms with Crippen LogP contribution in [-0.2, 0) is 10.2 Å². The van der Waals surface area contributed by atoms with E-state index in [4.69, 9.17) is 4.74 Å². The Hall–Kier alpha value is -1.15. The zero-order valence-corrected chi connectivity index (χ0v) is 8.32. The summed E-state index contributed by atoms with van der Waals surface area (Å²) in [7, 11) is 0. The molecule has 0 amide bonds. The summed E-state index contributed by atoms with van der Waals surface area (Å²) >= 11 is 0. The van der Waals surface area contributed by atoms with Crippen molar-refractivity contribution >= 4 is 6.29 Å². The Kier molecular flexibility index (Phi) is 2.38. The van der Waals surface area contributed by atoms with Gasteiger partial charge in [0.15, 0.2) is 0 Å². The second-order valence-electron chi connectivity index (χ2n) is 4.11. The minimum atomic E-state index is 0.0962. The molecular formula is C12H14O2. The molecule has 74 valence electrons. The van der Waals surface area contributed by atoms with Crippen molar-refractivity contribution in [2.75, 3.05) is 13.2 Å². The van der Waals surface area contributed by atoms with Crippen LogP contribution in [0.25, 0.3) is 0 Å². The summed E-state index contributed by atoms with van der Waals surface area (Å²) in [5.74, 6) is 0. The number of rotatable bonds is 2. The van der Waals surface area contributed by atoms with Crippen molar-refractivity contribution in [3.8, 4) is 0 Å². The monoisotopic (exact) mass is 190 g/mol. The van der Waals surface area contributed by atoms with Crippen molar-refractivity contribution in [1.29, 1.82) is 0 Å². The molecule has 1 aliphatic rings. The third-order valence-electron chi connectivity index (χ3n) is 2.94. The molecule has 0 aromatic heterocycles. The molecule has 2 nitrogen and oxygen atoms in total. The molecule has 2 heteroatoms. The normalized spacial score (nSPS) is 26.4. The van der Waals surface area contributed by atoms with Gasteiger partial charge < -0.3 is 4.74 Å². The maximum atomic E-state index is 10.6. The first-order valence-electron chi connectivity index (χ1n) is 4.88. The van der Waals surface area contributed by atoms with Crippen LogP contribution in [0.3, 0.4) is 0 Å². The first-order valence-corrected chi connectivity index (χ1v) is 4.88. The van der Waals surface area contributed by atoms with Gasteiger partial charge in [0.2, 0.25) is 0 Å². The maximum absolute atomic E-state index is 10.6. The van der Waals surface area contributed by atoms with Gasteiger partial charge in [0, 0.05) is 17.6 Å². The van der Waals surface area contributed by atoms with Crippen LogP contribution in [0.4, 0.5) is 0 Å². The first-order chi connectivity index (χ1) is 6.74. The van der Waals surface area contributed by atoms with Crippen LogP contribution in [0, 0.1) is 0 Å². The number of carbonyl (C=O) groups is 1. The smallest absolute Gasteiger partial charge is 0.150 e. The van der Waals surface area contributed by atoms with Gasteiger partial charge in [-0.3, -0.25) is 4.79 Å². The summed E-state index contributed by atoms with van der Waals surface area (Å²) in [6, 6.07) is 7.79. The van der Waals surface area contributed by atoms with Crippen LogP contribution in [-0.4, -0.2) is 19.5 Å². The molecule has 1 atom stereocenters. The Balaban J connectivity index is 2.35. The molecule has 1 aliphatic heterocycles. The second kappa shape index (κ2) is 3.54. The summed E-state index contributed by atoms with van der Waals surface area (Å²) in [4.78, 5) is 10.6. The molecular weight excluding hydrogens is 176 g/mol. The van der Waals surface area contributed by atoms with E-state index in [-0.39, 0.29) is 5.41 Å². The SMILES string of the molecule is CC1(c2cccc(C=O)c2)CCOC1. The van der Waals surface area contributed by atoms with E-state index in [0.29, 0.717) is 0 Å². The van der Waals surface area contributed by atoms with Crippen LogP contribution < -0.4 is 0 Å². The molecule has 1 fully saturated rings. The highest BCUT2D eigenvalue weighted by Gasteiger charge is 2.31. The molecule has 1 aromatic rings. The average molecular weight is 190 g/mol. The lowest BCUT2D eigenvalue weighted by molar-refractivity contribution is 0.112. The molecule has 1 saturated heterocycles. The standard InChI is InChI=1S/C12H14O2/c1-12(5-6-14-9-12)11-4-2-3-10(7-11)8-13/h2-4,7-8H,5-6,9H2,1H3. The average Bonchev–Trinajstić information content (AvgIpc) is 2.67. The third-order valence-corrected chi connectivity index (χ3v) is 2.94. The summed E-state index contributed by atoms with van der Waals surface area (Å²) in [6.45, 7) is 3.76. The first kappa shape index (κ1) is 9.41. The number of aldehydes is 1. The molecule has 2 rings (SSSR count). The zero-order valence-electron chi connectivity index (χ0n) is 8.32. The van der Waals surface area contributed by atoms with E-state index in [1.165, 1.54) is 5.56 Å². The topological polar surface area (TPSA) is 26.3 Å². The van der Waals surface area contributed by atoms with Gasteiger partial charge in [-0.05, 0) is 18.1 Å². The van der Waals surface area contributed by atoms with Gasteiger partial charge in [-0.25, -0.2) is 0 Å². The quantitative estimate of drug-likeness (QED) is 0.668. The number of ether oxygens (including phenoxy) is 1. The number of hydrogen-bond donors (Lipinski definition) is 0. The molecule has 1 heterocycles. The largest absolute Gasteiger partial charge is 0.381 e. The Bertz CT molecular complexity index is 338. The maximum Gasteiger partial charge on any atom is 0.150 e. The predicted molar refractivity (Wildman–Crippen MR) is 54.6 cm³/mol. The lowest BCUT2D eigenvalue weighted by Gasteiger charge is -2.22. The highest BCUT2D eigenvalue weighted by Crippen LogP contribution is 2.32. The van der Waals surface area contributed by atoms with Crippen LogP contribution in [0.15, 0.2) is 24.3 Å². The van der Waals surface area contributed by atoms with E-state index in [9.17, 15) is 4.79 Å². The number of benzene rings is 1. The second-order valence-corrected chi connectivity index (χ2v) is 4.11. The van der Waals surface area contributed by atoms with Gasteiger partial charge in [-0.15, -0.1) is 0 Å².